The van der Waals surface area contributed by atoms with E-state index >= 15 is 0 Å². The second-order valence-corrected chi connectivity index (χ2v) is 9.49. The fourth-order valence-electron chi connectivity index (χ4n) is 2.92. The Morgan fingerprint density at radius 1 is 1.32 bits per heavy atom. The number of rotatable bonds is 3. The molecule has 1 atom stereocenters. The third-order valence-corrected chi connectivity index (χ3v) is 7.07. The van der Waals surface area contributed by atoms with Crippen LogP contribution in [0.1, 0.15) is 44.9 Å². The van der Waals surface area contributed by atoms with Gasteiger partial charge in [0.25, 0.3) is 0 Å². The van der Waals surface area contributed by atoms with Gasteiger partial charge in [0.15, 0.2) is 4.34 Å². The number of aromatic nitrogens is 1. The molecule has 2 fully saturated rings. The summed E-state index contributed by atoms with van der Waals surface area (Å²) >= 11 is 3.38. The third kappa shape index (κ3) is 3.49. The van der Waals surface area contributed by atoms with Gasteiger partial charge in [-0.3, -0.25) is 4.79 Å². The maximum absolute atomic E-state index is 12.7. The highest BCUT2D eigenvalue weighted by Gasteiger charge is 2.37. The number of hydrogen-bond donors (Lipinski definition) is 0. The highest BCUT2D eigenvalue weighted by molar-refractivity contribution is 8.02. The summed E-state index contributed by atoms with van der Waals surface area (Å²) in [5.74, 6) is 0.296. The van der Waals surface area contributed by atoms with E-state index < -0.39 is 0 Å². The second kappa shape index (κ2) is 6.49. The zero-order valence-corrected chi connectivity index (χ0v) is 15.1. The van der Waals surface area contributed by atoms with Crippen molar-refractivity contribution in [2.24, 2.45) is 0 Å². The number of hydrogen-bond acceptors (Lipinski definition) is 5. The minimum atomic E-state index is 0.0433. The van der Waals surface area contributed by atoms with E-state index in [9.17, 15) is 4.79 Å². The van der Waals surface area contributed by atoms with Gasteiger partial charge >= 0.3 is 0 Å². The molecule has 0 bridgehead atoms. The van der Waals surface area contributed by atoms with Gasteiger partial charge in [0.05, 0.1) is 5.25 Å². The number of thiazole rings is 1. The van der Waals surface area contributed by atoms with Gasteiger partial charge in [0.2, 0.25) is 5.91 Å². The van der Waals surface area contributed by atoms with E-state index in [1.165, 1.54) is 4.88 Å². The maximum atomic E-state index is 12.7. The smallest absolute Gasteiger partial charge is 0.236 e. The van der Waals surface area contributed by atoms with Gasteiger partial charge < -0.3 is 9.64 Å². The van der Waals surface area contributed by atoms with Crippen molar-refractivity contribution in [3.8, 4) is 0 Å². The molecule has 1 amide bonds. The Hall–Kier alpha value is -0.590. The van der Waals surface area contributed by atoms with Crippen LogP contribution < -0.4 is 0 Å². The number of carbonyl (C=O) groups excluding carboxylic acids is 1. The quantitative estimate of drug-likeness (QED) is 0.846. The van der Waals surface area contributed by atoms with Crippen LogP contribution in [0.3, 0.4) is 0 Å². The molecule has 2 aliphatic heterocycles. The lowest BCUT2D eigenvalue weighted by Crippen LogP contribution is -2.41. The van der Waals surface area contributed by atoms with Crippen molar-refractivity contribution < 1.29 is 9.53 Å². The fraction of sp³-hybridized carbons (Fsp3) is 0.750. The van der Waals surface area contributed by atoms with Crippen molar-refractivity contribution in [1.29, 1.82) is 0 Å². The average molecular weight is 341 g/mol. The summed E-state index contributed by atoms with van der Waals surface area (Å²) in [7, 11) is 0. The number of thioether (sulfide) groups is 1. The van der Waals surface area contributed by atoms with E-state index in [1.54, 1.807) is 23.1 Å². The Bertz CT molecular complexity index is 532. The predicted octanol–water partition coefficient (Wildman–Crippen LogP) is 3.31. The highest BCUT2D eigenvalue weighted by Crippen LogP contribution is 2.37. The molecule has 0 N–H and O–H groups in total. The summed E-state index contributed by atoms with van der Waals surface area (Å²) in [4.78, 5) is 20.5. The zero-order valence-electron chi connectivity index (χ0n) is 13.5. The summed E-state index contributed by atoms with van der Waals surface area (Å²) in [6, 6.07) is 0.383. The minimum Gasteiger partial charge on any atom is -0.381 e. The Morgan fingerprint density at radius 2 is 2.05 bits per heavy atom. The number of carbonyl (C=O) groups is 1. The Kier molecular flexibility index (Phi) is 4.80. The molecule has 2 aliphatic rings. The van der Waals surface area contributed by atoms with E-state index in [4.69, 9.17) is 4.74 Å². The molecule has 0 aromatic carbocycles. The normalized spacial score (nSPS) is 24.2. The molecular weight excluding hydrogens is 316 g/mol. The van der Waals surface area contributed by atoms with Crippen molar-refractivity contribution >= 4 is 29.0 Å². The van der Waals surface area contributed by atoms with Gasteiger partial charge in [-0.15, -0.1) is 11.3 Å². The first-order valence-electron chi connectivity index (χ1n) is 7.96. The van der Waals surface area contributed by atoms with Crippen LogP contribution in [-0.2, 0) is 14.9 Å². The highest BCUT2D eigenvalue weighted by atomic mass is 32.2. The molecule has 22 heavy (non-hydrogen) atoms. The van der Waals surface area contributed by atoms with E-state index in [0.29, 0.717) is 11.9 Å². The molecule has 6 heteroatoms. The van der Waals surface area contributed by atoms with Crippen LogP contribution in [0.25, 0.3) is 0 Å². The standard InChI is InChI=1S/C16H24N2O2S2/c1-16(2,3)13-10-17-15(22-13)21-12-4-7-18(14(12)19)11-5-8-20-9-6-11/h10-12H,4-9H2,1-3H3. The summed E-state index contributed by atoms with van der Waals surface area (Å²) in [5.41, 5.74) is 0.129. The Morgan fingerprint density at radius 3 is 2.68 bits per heavy atom. The van der Waals surface area contributed by atoms with Crippen molar-refractivity contribution in [2.45, 2.75) is 61.1 Å². The van der Waals surface area contributed by atoms with Crippen LogP contribution in [0, 0.1) is 0 Å². The van der Waals surface area contributed by atoms with Crippen LogP contribution in [0.15, 0.2) is 10.5 Å². The van der Waals surface area contributed by atoms with Crippen LogP contribution in [0.4, 0.5) is 0 Å². The minimum absolute atomic E-state index is 0.0433. The molecule has 1 aromatic rings. The van der Waals surface area contributed by atoms with Gasteiger partial charge in [-0.1, -0.05) is 32.5 Å². The summed E-state index contributed by atoms with van der Waals surface area (Å²) < 4.78 is 6.43. The second-order valence-electron chi connectivity index (χ2n) is 7.01. The van der Waals surface area contributed by atoms with Gasteiger partial charge in [-0.05, 0) is 24.7 Å². The number of ether oxygens (including phenoxy) is 1. The van der Waals surface area contributed by atoms with Crippen molar-refractivity contribution in [2.75, 3.05) is 19.8 Å². The number of likely N-dealkylation sites (tertiary alicyclic amines) is 1. The summed E-state index contributed by atoms with van der Waals surface area (Å²) in [5, 5.41) is 0.0433. The zero-order chi connectivity index (χ0) is 15.7. The lowest BCUT2D eigenvalue weighted by Gasteiger charge is -2.31. The molecule has 4 nitrogen and oxygen atoms in total. The first-order valence-corrected chi connectivity index (χ1v) is 9.66. The lowest BCUT2D eigenvalue weighted by molar-refractivity contribution is -0.130. The van der Waals surface area contributed by atoms with Crippen molar-refractivity contribution in [3.63, 3.8) is 0 Å². The molecule has 3 heterocycles. The van der Waals surface area contributed by atoms with Gasteiger partial charge in [-0.2, -0.15) is 0 Å². The largest absolute Gasteiger partial charge is 0.381 e. The van der Waals surface area contributed by atoms with Crippen molar-refractivity contribution in [1.82, 2.24) is 9.88 Å². The third-order valence-electron chi connectivity index (χ3n) is 4.29. The first kappa shape index (κ1) is 16.3. The van der Waals surface area contributed by atoms with Crippen LogP contribution in [0.2, 0.25) is 0 Å². The first-order chi connectivity index (χ1) is 10.4. The maximum Gasteiger partial charge on any atom is 0.236 e. The molecule has 3 rings (SSSR count). The van der Waals surface area contributed by atoms with E-state index in [1.807, 2.05) is 6.20 Å². The van der Waals surface area contributed by atoms with E-state index in [2.05, 4.69) is 30.7 Å². The molecule has 1 aromatic heterocycles. The monoisotopic (exact) mass is 340 g/mol. The topological polar surface area (TPSA) is 42.4 Å². The molecular formula is C16H24N2O2S2. The Labute approximate surface area is 140 Å². The van der Waals surface area contributed by atoms with Gasteiger partial charge in [0.1, 0.15) is 0 Å². The van der Waals surface area contributed by atoms with E-state index in [0.717, 1.165) is 43.4 Å². The molecule has 122 valence electrons. The molecule has 1 unspecified atom stereocenters. The summed E-state index contributed by atoms with van der Waals surface area (Å²) in [6.45, 7) is 9.05. The molecule has 0 radical (unpaired) electrons. The average Bonchev–Trinajstić information content (AvgIpc) is 3.08. The lowest BCUT2D eigenvalue weighted by atomic mass is 9.96. The molecule has 0 spiro atoms. The molecule has 2 saturated heterocycles. The SMILES string of the molecule is CC(C)(C)c1cnc(SC2CCN(C3CCOCC3)C2=O)s1. The van der Waals surface area contributed by atoms with Crippen LogP contribution >= 0.6 is 23.1 Å². The van der Waals surface area contributed by atoms with Gasteiger partial charge in [0, 0.05) is 36.9 Å². The molecule has 0 saturated carbocycles. The summed E-state index contributed by atoms with van der Waals surface area (Å²) in [6.07, 6.45) is 4.86. The van der Waals surface area contributed by atoms with E-state index in [-0.39, 0.29) is 10.7 Å². The molecule has 0 aliphatic carbocycles. The van der Waals surface area contributed by atoms with Crippen LogP contribution in [-0.4, -0.2) is 46.8 Å². The Balaban J connectivity index is 1.62. The van der Waals surface area contributed by atoms with Gasteiger partial charge in [-0.25, -0.2) is 4.98 Å². The number of amides is 1. The number of nitrogens with zero attached hydrogens (tertiary/aromatic N) is 2. The predicted molar refractivity (Wildman–Crippen MR) is 90.6 cm³/mol. The van der Waals surface area contributed by atoms with Crippen LogP contribution in [0.5, 0.6) is 0 Å². The fourth-order valence-corrected chi connectivity index (χ4v) is 5.26. The van der Waals surface area contributed by atoms with Crippen molar-refractivity contribution in [3.05, 3.63) is 11.1 Å².